The molecule has 5 heteroatoms. The van der Waals surface area contributed by atoms with E-state index in [-0.39, 0.29) is 17.9 Å². The maximum absolute atomic E-state index is 13.0. The smallest absolute Gasteiger partial charge is 0.251 e. The van der Waals surface area contributed by atoms with Crippen molar-refractivity contribution in [1.29, 1.82) is 0 Å². The van der Waals surface area contributed by atoms with Gasteiger partial charge in [-0.25, -0.2) is 0 Å². The highest BCUT2D eigenvalue weighted by molar-refractivity contribution is 5.94. The molecule has 0 bridgehead atoms. The number of hydrogen-bond acceptors (Lipinski definition) is 3. The third-order valence-corrected chi connectivity index (χ3v) is 5.88. The van der Waals surface area contributed by atoms with Crippen LogP contribution in [0.2, 0.25) is 0 Å². The van der Waals surface area contributed by atoms with E-state index in [0.29, 0.717) is 18.5 Å². The van der Waals surface area contributed by atoms with E-state index in [9.17, 15) is 9.59 Å². The maximum atomic E-state index is 13.0. The monoisotopic (exact) mass is 391 g/mol. The largest absolute Gasteiger partial charge is 0.344 e. The summed E-state index contributed by atoms with van der Waals surface area (Å²) < 4.78 is 0. The van der Waals surface area contributed by atoms with E-state index in [2.05, 4.69) is 22.3 Å². The first-order valence-electron chi connectivity index (χ1n) is 10.6. The van der Waals surface area contributed by atoms with Crippen LogP contribution in [-0.2, 0) is 11.3 Å². The minimum Gasteiger partial charge on any atom is -0.344 e. The van der Waals surface area contributed by atoms with Crippen LogP contribution in [0, 0.1) is 0 Å². The van der Waals surface area contributed by atoms with Crippen LogP contribution in [0.3, 0.4) is 0 Å². The molecular weight excluding hydrogens is 362 g/mol. The summed E-state index contributed by atoms with van der Waals surface area (Å²) in [4.78, 5) is 29.2. The Labute approximate surface area is 172 Å². The van der Waals surface area contributed by atoms with E-state index in [1.807, 2.05) is 47.4 Å². The van der Waals surface area contributed by atoms with Crippen LogP contribution in [0.4, 0.5) is 0 Å². The van der Waals surface area contributed by atoms with Crippen LogP contribution < -0.4 is 5.32 Å². The number of hydrogen-bond donors (Lipinski definition) is 1. The van der Waals surface area contributed by atoms with Crippen LogP contribution in [0.25, 0.3) is 0 Å². The van der Waals surface area contributed by atoms with E-state index < -0.39 is 0 Å². The predicted molar refractivity (Wildman–Crippen MR) is 113 cm³/mol. The third-order valence-electron chi connectivity index (χ3n) is 5.88. The molecule has 2 aromatic rings. The Morgan fingerprint density at radius 2 is 1.76 bits per heavy atom. The molecule has 152 valence electrons. The normalized spacial score (nSPS) is 18.2. The molecule has 4 rings (SSSR count). The highest BCUT2D eigenvalue weighted by atomic mass is 16.2. The first-order chi connectivity index (χ1) is 14.2. The summed E-state index contributed by atoms with van der Waals surface area (Å²) in [6, 6.07) is 17.8. The SMILES string of the molecule is O=C(NC(CN1CCCC1)c1ccccc1)c1cccc(CN2CCCC2=O)c1. The lowest BCUT2D eigenvalue weighted by molar-refractivity contribution is -0.128. The molecule has 2 heterocycles. The first-order valence-corrected chi connectivity index (χ1v) is 10.6. The van der Waals surface area contributed by atoms with Gasteiger partial charge in [-0.2, -0.15) is 0 Å². The molecule has 2 aliphatic rings. The number of rotatable bonds is 7. The second-order valence-corrected chi connectivity index (χ2v) is 8.06. The highest BCUT2D eigenvalue weighted by Crippen LogP contribution is 2.19. The Balaban J connectivity index is 1.46. The summed E-state index contributed by atoms with van der Waals surface area (Å²) in [5.74, 6) is 0.141. The van der Waals surface area contributed by atoms with Crippen LogP contribution in [-0.4, -0.2) is 47.8 Å². The number of carbonyl (C=O) groups excluding carboxylic acids is 2. The molecule has 0 radical (unpaired) electrons. The zero-order valence-electron chi connectivity index (χ0n) is 16.8. The van der Waals surface area contributed by atoms with Crippen molar-refractivity contribution in [3.05, 3.63) is 71.3 Å². The quantitative estimate of drug-likeness (QED) is 0.787. The number of nitrogens with zero attached hydrogens (tertiary/aromatic N) is 2. The van der Waals surface area contributed by atoms with E-state index in [0.717, 1.165) is 43.7 Å². The van der Waals surface area contributed by atoms with E-state index in [4.69, 9.17) is 0 Å². The molecule has 29 heavy (non-hydrogen) atoms. The molecule has 2 aromatic carbocycles. The van der Waals surface area contributed by atoms with Gasteiger partial charge in [0.1, 0.15) is 0 Å². The summed E-state index contributed by atoms with van der Waals surface area (Å²) in [7, 11) is 0. The molecule has 0 spiro atoms. The Kier molecular flexibility index (Phi) is 6.25. The van der Waals surface area contributed by atoms with Gasteiger partial charge < -0.3 is 15.1 Å². The van der Waals surface area contributed by atoms with E-state index >= 15 is 0 Å². The van der Waals surface area contributed by atoms with Gasteiger partial charge in [-0.1, -0.05) is 42.5 Å². The van der Waals surface area contributed by atoms with Crippen molar-refractivity contribution in [1.82, 2.24) is 15.1 Å². The van der Waals surface area contributed by atoms with E-state index in [1.165, 1.54) is 12.8 Å². The number of nitrogens with one attached hydrogen (secondary N) is 1. The van der Waals surface area contributed by atoms with Crippen molar-refractivity contribution in [2.24, 2.45) is 0 Å². The second kappa shape index (κ2) is 9.23. The van der Waals surface area contributed by atoms with Crippen molar-refractivity contribution in [3.63, 3.8) is 0 Å². The van der Waals surface area contributed by atoms with Crippen LogP contribution in [0.15, 0.2) is 54.6 Å². The fourth-order valence-corrected chi connectivity index (χ4v) is 4.29. The average Bonchev–Trinajstić information content (AvgIpc) is 3.40. The van der Waals surface area contributed by atoms with Gasteiger partial charge in [-0.3, -0.25) is 9.59 Å². The molecule has 1 N–H and O–H groups in total. The summed E-state index contributed by atoms with van der Waals surface area (Å²) in [5.41, 5.74) is 2.78. The molecule has 1 unspecified atom stereocenters. The van der Waals surface area contributed by atoms with Crippen LogP contribution in [0.1, 0.15) is 53.2 Å². The molecule has 1 atom stereocenters. The van der Waals surface area contributed by atoms with Crippen molar-refractivity contribution >= 4 is 11.8 Å². The molecule has 2 aliphatic heterocycles. The number of benzene rings is 2. The van der Waals surface area contributed by atoms with Gasteiger partial charge >= 0.3 is 0 Å². The second-order valence-electron chi connectivity index (χ2n) is 8.06. The van der Waals surface area contributed by atoms with Gasteiger partial charge in [0.2, 0.25) is 5.91 Å². The maximum Gasteiger partial charge on any atom is 0.251 e. The van der Waals surface area contributed by atoms with Crippen molar-refractivity contribution in [2.45, 2.75) is 38.3 Å². The lowest BCUT2D eigenvalue weighted by Crippen LogP contribution is -2.37. The minimum atomic E-state index is -0.0624. The lowest BCUT2D eigenvalue weighted by atomic mass is 10.0. The summed E-state index contributed by atoms with van der Waals surface area (Å²) in [6.45, 7) is 4.41. The summed E-state index contributed by atoms with van der Waals surface area (Å²) >= 11 is 0. The summed E-state index contributed by atoms with van der Waals surface area (Å²) in [6.07, 6.45) is 4.02. The topological polar surface area (TPSA) is 52.7 Å². The Bertz CT molecular complexity index is 846. The molecule has 2 fully saturated rings. The standard InChI is InChI=1S/C24H29N3O2/c28-23-12-7-15-27(23)17-19-8-6-11-21(16-19)24(29)25-22(18-26-13-4-5-14-26)20-9-2-1-3-10-20/h1-3,6,8-11,16,22H,4-5,7,12-15,17-18H2,(H,25,29). The van der Waals surface area contributed by atoms with Crippen molar-refractivity contribution in [2.75, 3.05) is 26.2 Å². The molecule has 5 nitrogen and oxygen atoms in total. The zero-order chi connectivity index (χ0) is 20.1. The van der Waals surface area contributed by atoms with Gasteiger partial charge in [-0.15, -0.1) is 0 Å². The molecule has 2 saturated heterocycles. The fourth-order valence-electron chi connectivity index (χ4n) is 4.29. The first kappa shape index (κ1) is 19.6. The molecule has 0 saturated carbocycles. The van der Waals surface area contributed by atoms with Crippen LogP contribution >= 0.6 is 0 Å². The van der Waals surface area contributed by atoms with Gasteiger partial charge in [0, 0.05) is 31.6 Å². The lowest BCUT2D eigenvalue weighted by Gasteiger charge is -2.25. The van der Waals surface area contributed by atoms with E-state index in [1.54, 1.807) is 0 Å². The molecule has 2 amide bonds. The molecule has 0 aromatic heterocycles. The van der Waals surface area contributed by atoms with Gasteiger partial charge in [0.25, 0.3) is 5.91 Å². The number of likely N-dealkylation sites (tertiary alicyclic amines) is 2. The van der Waals surface area contributed by atoms with Crippen molar-refractivity contribution in [3.8, 4) is 0 Å². The predicted octanol–water partition coefficient (Wildman–Crippen LogP) is 3.38. The zero-order valence-corrected chi connectivity index (χ0v) is 16.8. The third kappa shape index (κ3) is 5.04. The van der Waals surface area contributed by atoms with Gasteiger partial charge in [-0.05, 0) is 55.6 Å². The Hall–Kier alpha value is -2.66. The summed E-state index contributed by atoms with van der Waals surface area (Å²) in [5, 5.41) is 3.24. The molecular formula is C24H29N3O2. The number of carbonyl (C=O) groups is 2. The van der Waals surface area contributed by atoms with Gasteiger partial charge in [0.15, 0.2) is 0 Å². The van der Waals surface area contributed by atoms with Gasteiger partial charge in [0.05, 0.1) is 6.04 Å². The Morgan fingerprint density at radius 1 is 0.966 bits per heavy atom. The molecule has 0 aliphatic carbocycles. The van der Waals surface area contributed by atoms with Crippen molar-refractivity contribution < 1.29 is 9.59 Å². The fraction of sp³-hybridized carbons (Fsp3) is 0.417. The minimum absolute atomic E-state index is 0.0365. The highest BCUT2D eigenvalue weighted by Gasteiger charge is 2.22. The average molecular weight is 392 g/mol. The Morgan fingerprint density at radius 3 is 2.48 bits per heavy atom. The number of amides is 2. The van der Waals surface area contributed by atoms with Crippen LogP contribution in [0.5, 0.6) is 0 Å².